The third-order valence-electron chi connectivity index (χ3n) is 2.04. The molecule has 0 aromatic heterocycles. The van der Waals surface area contributed by atoms with Crippen LogP contribution in [0, 0.1) is 0 Å². The largest absolute Gasteiger partial charge is 0.0840 e. The molecule has 0 heterocycles. The molecule has 12 heavy (non-hydrogen) atoms. The molecule has 0 aliphatic rings. The fraction of sp³-hybridized carbons (Fsp3) is 0.455. The van der Waals surface area contributed by atoms with E-state index in [2.05, 4.69) is 26.0 Å². The van der Waals surface area contributed by atoms with Crippen LogP contribution in [0.25, 0.3) is 0 Å². The zero-order chi connectivity index (χ0) is 8.97. The van der Waals surface area contributed by atoms with E-state index in [0.717, 1.165) is 24.3 Å². The van der Waals surface area contributed by atoms with E-state index in [1.54, 1.807) is 0 Å². The lowest BCUT2D eigenvalue weighted by molar-refractivity contribution is 0.917. The van der Waals surface area contributed by atoms with Crippen LogP contribution in [0.5, 0.6) is 0 Å². The Morgan fingerprint density at radius 3 is 2.58 bits per heavy atom. The van der Waals surface area contributed by atoms with Crippen LogP contribution in [0.2, 0.25) is 5.02 Å². The van der Waals surface area contributed by atoms with Gasteiger partial charge in [-0.1, -0.05) is 44.0 Å². The quantitative estimate of drug-likeness (QED) is 0.666. The van der Waals surface area contributed by atoms with Crippen molar-refractivity contribution in [2.24, 2.45) is 0 Å². The summed E-state index contributed by atoms with van der Waals surface area (Å²) in [7, 11) is 0. The van der Waals surface area contributed by atoms with Gasteiger partial charge in [-0.15, -0.1) is 0 Å². The monoisotopic (exact) mass is 182 g/mol. The summed E-state index contributed by atoms with van der Waals surface area (Å²) in [5.74, 6) is 0. The SMILES string of the molecule is CCCc1cc(CC)ccc1Cl. The van der Waals surface area contributed by atoms with Gasteiger partial charge in [-0.05, 0) is 30.0 Å². The number of aryl methyl sites for hydroxylation is 2. The van der Waals surface area contributed by atoms with Gasteiger partial charge in [-0.3, -0.25) is 0 Å². The molecule has 0 nitrogen and oxygen atoms in total. The second kappa shape index (κ2) is 4.51. The summed E-state index contributed by atoms with van der Waals surface area (Å²) in [5, 5.41) is 0.911. The molecule has 1 heteroatoms. The maximum absolute atomic E-state index is 6.03. The minimum Gasteiger partial charge on any atom is -0.0840 e. The Morgan fingerprint density at radius 2 is 2.00 bits per heavy atom. The molecular weight excluding hydrogens is 168 g/mol. The maximum atomic E-state index is 6.03. The summed E-state index contributed by atoms with van der Waals surface area (Å²) in [6, 6.07) is 6.32. The zero-order valence-electron chi connectivity index (χ0n) is 7.73. The van der Waals surface area contributed by atoms with E-state index >= 15 is 0 Å². The Labute approximate surface area is 79.6 Å². The van der Waals surface area contributed by atoms with Crippen LogP contribution in [0.15, 0.2) is 18.2 Å². The third kappa shape index (κ3) is 2.25. The summed E-state index contributed by atoms with van der Waals surface area (Å²) in [6.07, 6.45) is 3.34. The average molecular weight is 183 g/mol. The van der Waals surface area contributed by atoms with Crippen LogP contribution in [0.4, 0.5) is 0 Å². The van der Waals surface area contributed by atoms with Gasteiger partial charge in [-0.25, -0.2) is 0 Å². The highest BCUT2D eigenvalue weighted by atomic mass is 35.5. The second-order valence-corrected chi connectivity index (χ2v) is 3.44. The zero-order valence-corrected chi connectivity index (χ0v) is 8.49. The van der Waals surface area contributed by atoms with Crippen LogP contribution in [-0.4, -0.2) is 0 Å². The average Bonchev–Trinajstić information content (AvgIpc) is 2.09. The highest BCUT2D eigenvalue weighted by Gasteiger charge is 1.99. The normalized spacial score (nSPS) is 10.2. The third-order valence-corrected chi connectivity index (χ3v) is 2.41. The first kappa shape index (κ1) is 9.60. The summed E-state index contributed by atoms with van der Waals surface area (Å²) in [5.41, 5.74) is 2.67. The Kier molecular flexibility index (Phi) is 3.61. The van der Waals surface area contributed by atoms with Crippen LogP contribution >= 0.6 is 11.6 Å². The van der Waals surface area contributed by atoms with Gasteiger partial charge in [0.25, 0.3) is 0 Å². The summed E-state index contributed by atoms with van der Waals surface area (Å²) in [4.78, 5) is 0. The van der Waals surface area contributed by atoms with Crippen LogP contribution in [0.1, 0.15) is 31.4 Å². The second-order valence-electron chi connectivity index (χ2n) is 3.03. The van der Waals surface area contributed by atoms with Gasteiger partial charge >= 0.3 is 0 Å². The molecule has 0 spiro atoms. The highest BCUT2D eigenvalue weighted by molar-refractivity contribution is 6.31. The van der Waals surface area contributed by atoms with Gasteiger partial charge in [0.15, 0.2) is 0 Å². The van der Waals surface area contributed by atoms with E-state index in [1.165, 1.54) is 11.1 Å². The molecule has 0 saturated carbocycles. The lowest BCUT2D eigenvalue weighted by atomic mass is 10.1. The summed E-state index contributed by atoms with van der Waals surface area (Å²) < 4.78 is 0. The summed E-state index contributed by atoms with van der Waals surface area (Å²) in [6.45, 7) is 4.34. The molecule has 0 aliphatic heterocycles. The lowest BCUT2D eigenvalue weighted by Gasteiger charge is -2.04. The number of hydrogen-bond acceptors (Lipinski definition) is 0. The molecule has 0 aliphatic carbocycles. The van der Waals surface area contributed by atoms with E-state index < -0.39 is 0 Å². The molecule has 0 radical (unpaired) electrons. The van der Waals surface area contributed by atoms with E-state index in [9.17, 15) is 0 Å². The first-order valence-electron chi connectivity index (χ1n) is 4.55. The number of halogens is 1. The molecule has 66 valence electrons. The van der Waals surface area contributed by atoms with Crippen LogP contribution in [-0.2, 0) is 12.8 Å². The van der Waals surface area contributed by atoms with Crippen molar-refractivity contribution in [2.75, 3.05) is 0 Å². The molecule has 1 aromatic rings. The van der Waals surface area contributed by atoms with Gasteiger partial charge in [0.05, 0.1) is 0 Å². The van der Waals surface area contributed by atoms with E-state index in [-0.39, 0.29) is 0 Å². The number of rotatable bonds is 3. The first-order valence-corrected chi connectivity index (χ1v) is 4.93. The molecule has 0 bridgehead atoms. The Morgan fingerprint density at radius 1 is 1.25 bits per heavy atom. The molecule has 1 rings (SSSR count). The van der Waals surface area contributed by atoms with Crippen molar-refractivity contribution in [1.29, 1.82) is 0 Å². The standard InChI is InChI=1S/C11H15Cl/c1-3-5-10-8-9(4-2)6-7-11(10)12/h6-8H,3-5H2,1-2H3. The van der Waals surface area contributed by atoms with E-state index in [1.807, 2.05) is 6.07 Å². The predicted molar refractivity (Wildman–Crippen MR) is 54.8 cm³/mol. The van der Waals surface area contributed by atoms with Crippen LogP contribution in [0.3, 0.4) is 0 Å². The molecule has 0 amide bonds. The van der Waals surface area contributed by atoms with Crippen molar-refractivity contribution >= 4 is 11.6 Å². The Balaban J connectivity index is 2.91. The predicted octanol–water partition coefficient (Wildman–Crippen LogP) is 3.85. The van der Waals surface area contributed by atoms with Crippen molar-refractivity contribution in [1.82, 2.24) is 0 Å². The van der Waals surface area contributed by atoms with Gasteiger partial charge in [0.1, 0.15) is 0 Å². The van der Waals surface area contributed by atoms with E-state index in [4.69, 9.17) is 11.6 Å². The molecule has 0 unspecified atom stereocenters. The topological polar surface area (TPSA) is 0 Å². The molecule has 0 fully saturated rings. The Hall–Kier alpha value is -0.490. The fourth-order valence-corrected chi connectivity index (χ4v) is 1.52. The number of benzene rings is 1. The van der Waals surface area contributed by atoms with Gasteiger partial charge in [0, 0.05) is 5.02 Å². The molecule has 0 saturated heterocycles. The minimum absolute atomic E-state index is 0.911. The molecular formula is C11H15Cl. The van der Waals surface area contributed by atoms with Crippen molar-refractivity contribution in [3.63, 3.8) is 0 Å². The van der Waals surface area contributed by atoms with Gasteiger partial charge < -0.3 is 0 Å². The van der Waals surface area contributed by atoms with Crippen molar-refractivity contribution in [3.8, 4) is 0 Å². The first-order chi connectivity index (χ1) is 5.77. The minimum atomic E-state index is 0.911. The van der Waals surface area contributed by atoms with Gasteiger partial charge in [-0.2, -0.15) is 0 Å². The molecule has 0 atom stereocenters. The van der Waals surface area contributed by atoms with Crippen molar-refractivity contribution in [2.45, 2.75) is 33.1 Å². The summed E-state index contributed by atoms with van der Waals surface area (Å²) >= 11 is 6.03. The maximum Gasteiger partial charge on any atom is 0.0438 e. The highest BCUT2D eigenvalue weighted by Crippen LogP contribution is 2.19. The van der Waals surface area contributed by atoms with Gasteiger partial charge in [0.2, 0.25) is 0 Å². The van der Waals surface area contributed by atoms with E-state index in [0.29, 0.717) is 0 Å². The lowest BCUT2D eigenvalue weighted by Crippen LogP contribution is -1.88. The van der Waals surface area contributed by atoms with Crippen LogP contribution < -0.4 is 0 Å². The smallest absolute Gasteiger partial charge is 0.0438 e. The molecule has 0 N–H and O–H groups in total. The van der Waals surface area contributed by atoms with Crippen molar-refractivity contribution in [3.05, 3.63) is 34.3 Å². The molecule has 1 aromatic carbocycles. The van der Waals surface area contributed by atoms with Crippen molar-refractivity contribution < 1.29 is 0 Å². The number of hydrogen-bond donors (Lipinski definition) is 0. The Bertz CT molecular complexity index is 253. The fourth-order valence-electron chi connectivity index (χ4n) is 1.31.